The van der Waals surface area contributed by atoms with Crippen molar-refractivity contribution in [3.05, 3.63) is 24.0 Å². The Morgan fingerprint density at radius 2 is 2.43 bits per heavy atom. The van der Waals surface area contributed by atoms with E-state index >= 15 is 0 Å². The normalized spacial score (nSPS) is 12.1. The maximum absolute atomic E-state index is 11.5. The first kappa shape index (κ1) is 10.6. The zero-order chi connectivity index (χ0) is 10.4. The van der Waals surface area contributed by atoms with E-state index in [1.54, 1.807) is 6.07 Å². The third-order valence-electron chi connectivity index (χ3n) is 1.82. The molecule has 0 spiro atoms. The highest BCUT2D eigenvalue weighted by Crippen LogP contribution is 1.96. The summed E-state index contributed by atoms with van der Waals surface area (Å²) in [7, 11) is 0. The molecule has 1 atom stereocenters. The van der Waals surface area contributed by atoms with Gasteiger partial charge in [0.05, 0.1) is 18.0 Å². The maximum atomic E-state index is 11.5. The van der Waals surface area contributed by atoms with Crippen LogP contribution in [0.4, 0.5) is 0 Å². The molecule has 0 bridgehead atoms. The largest absolute Gasteiger partial charge is 0.349 e. The predicted molar refractivity (Wildman–Crippen MR) is 52.6 cm³/mol. The number of nitrogens with two attached hydrogens (primary N) is 1. The van der Waals surface area contributed by atoms with Crippen molar-refractivity contribution in [3.8, 4) is 0 Å². The van der Waals surface area contributed by atoms with Gasteiger partial charge in [-0.3, -0.25) is 4.79 Å². The van der Waals surface area contributed by atoms with Crippen molar-refractivity contribution in [3.63, 3.8) is 0 Å². The topological polar surface area (TPSA) is 80.9 Å². The second kappa shape index (κ2) is 5.29. The van der Waals surface area contributed by atoms with Crippen LogP contribution in [0.25, 0.3) is 0 Å². The van der Waals surface area contributed by atoms with E-state index in [4.69, 9.17) is 5.73 Å². The van der Waals surface area contributed by atoms with Gasteiger partial charge in [0.2, 0.25) is 0 Å². The van der Waals surface area contributed by atoms with Gasteiger partial charge in [-0.1, -0.05) is 0 Å². The first-order valence-electron chi connectivity index (χ1n) is 4.51. The number of nitrogens with zero attached hydrogens (tertiary/aromatic N) is 2. The highest BCUT2D eigenvalue weighted by Gasteiger charge is 2.08. The molecule has 3 N–H and O–H groups in total. The van der Waals surface area contributed by atoms with Crippen LogP contribution in [0.15, 0.2) is 18.5 Å². The highest BCUT2D eigenvalue weighted by atomic mass is 16.1. The lowest BCUT2D eigenvalue weighted by Gasteiger charge is -2.11. The van der Waals surface area contributed by atoms with Crippen molar-refractivity contribution in [2.45, 2.75) is 19.4 Å². The molecule has 1 heterocycles. The SMILES string of the molecule is CC(CCN)NC(=O)c1ccnnc1. The first-order chi connectivity index (χ1) is 6.74. The molecule has 0 saturated carbocycles. The van der Waals surface area contributed by atoms with Crippen molar-refractivity contribution in [1.82, 2.24) is 15.5 Å². The minimum atomic E-state index is -0.138. The summed E-state index contributed by atoms with van der Waals surface area (Å²) in [4.78, 5) is 11.5. The molecule has 0 aromatic carbocycles. The van der Waals surface area contributed by atoms with Crippen LogP contribution in [-0.4, -0.2) is 28.7 Å². The third kappa shape index (κ3) is 3.10. The molecule has 0 aliphatic rings. The summed E-state index contributed by atoms with van der Waals surface area (Å²) in [6.45, 7) is 2.48. The average Bonchev–Trinajstić information content (AvgIpc) is 2.19. The molecule has 1 aromatic rings. The number of aromatic nitrogens is 2. The Bertz CT molecular complexity index is 288. The zero-order valence-corrected chi connectivity index (χ0v) is 8.10. The molecule has 1 aromatic heterocycles. The summed E-state index contributed by atoms with van der Waals surface area (Å²) in [5.74, 6) is -0.138. The van der Waals surface area contributed by atoms with Gasteiger partial charge in [0.1, 0.15) is 0 Å². The summed E-state index contributed by atoms with van der Waals surface area (Å²) in [5, 5.41) is 10.0. The Balaban J connectivity index is 2.51. The molecule has 0 aliphatic carbocycles. The van der Waals surface area contributed by atoms with Crippen molar-refractivity contribution in [2.24, 2.45) is 5.73 Å². The number of rotatable bonds is 4. The fourth-order valence-corrected chi connectivity index (χ4v) is 1.05. The molecular weight excluding hydrogens is 180 g/mol. The molecule has 1 amide bonds. The highest BCUT2D eigenvalue weighted by molar-refractivity contribution is 5.93. The van der Waals surface area contributed by atoms with Gasteiger partial charge in [0, 0.05) is 6.04 Å². The lowest BCUT2D eigenvalue weighted by atomic mass is 10.2. The van der Waals surface area contributed by atoms with E-state index < -0.39 is 0 Å². The third-order valence-corrected chi connectivity index (χ3v) is 1.82. The van der Waals surface area contributed by atoms with Gasteiger partial charge in [-0.25, -0.2) is 0 Å². The van der Waals surface area contributed by atoms with E-state index in [1.165, 1.54) is 12.4 Å². The van der Waals surface area contributed by atoms with Crippen molar-refractivity contribution < 1.29 is 4.79 Å². The molecule has 1 unspecified atom stereocenters. The molecule has 0 radical (unpaired) electrons. The van der Waals surface area contributed by atoms with E-state index in [-0.39, 0.29) is 11.9 Å². The Morgan fingerprint density at radius 1 is 1.64 bits per heavy atom. The standard InChI is InChI=1S/C9H14N4O/c1-7(2-4-10)13-9(14)8-3-5-11-12-6-8/h3,5-7H,2,4,10H2,1H3,(H,13,14). The second-order valence-electron chi connectivity index (χ2n) is 3.08. The van der Waals surface area contributed by atoms with Gasteiger partial charge < -0.3 is 11.1 Å². The lowest BCUT2D eigenvalue weighted by Crippen LogP contribution is -2.34. The lowest BCUT2D eigenvalue weighted by molar-refractivity contribution is 0.0938. The Morgan fingerprint density at radius 3 is 3.00 bits per heavy atom. The van der Waals surface area contributed by atoms with Crippen LogP contribution in [0.3, 0.4) is 0 Å². The fourth-order valence-electron chi connectivity index (χ4n) is 1.05. The number of amides is 1. The van der Waals surface area contributed by atoms with Crippen LogP contribution in [0, 0.1) is 0 Å². The van der Waals surface area contributed by atoms with Gasteiger partial charge in [0.15, 0.2) is 0 Å². The number of hydrogen-bond acceptors (Lipinski definition) is 4. The molecule has 5 heteroatoms. The predicted octanol–water partition coefficient (Wildman–Crippen LogP) is -0.0563. The van der Waals surface area contributed by atoms with Gasteiger partial charge in [-0.05, 0) is 26.0 Å². The van der Waals surface area contributed by atoms with Gasteiger partial charge in [-0.2, -0.15) is 10.2 Å². The van der Waals surface area contributed by atoms with Crippen LogP contribution in [0.2, 0.25) is 0 Å². The van der Waals surface area contributed by atoms with E-state index in [9.17, 15) is 4.79 Å². The summed E-state index contributed by atoms with van der Waals surface area (Å²) in [6, 6.07) is 1.71. The van der Waals surface area contributed by atoms with E-state index in [0.29, 0.717) is 12.1 Å². The second-order valence-corrected chi connectivity index (χ2v) is 3.08. The molecule has 1 rings (SSSR count). The van der Waals surface area contributed by atoms with E-state index in [2.05, 4.69) is 15.5 Å². The quantitative estimate of drug-likeness (QED) is 0.703. The minimum absolute atomic E-state index is 0.0839. The minimum Gasteiger partial charge on any atom is -0.349 e. The summed E-state index contributed by atoms with van der Waals surface area (Å²) >= 11 is 0. The molecule has 5 nitrogen and oxygen atoms in total. The molecule has 0 saturated heterocycles. The van der Waals surface area contributed by atoms with Crippen LogP contribution in [-0.2, 0) is 0 Å². The number of nitrogens with one attached hydrogen (secondary N) is 1. The Hall–Kier alpha value is -1.49. The summed E-state index contributed by atoms with van der Waals surface area (Å²) < 4.78 is 0. The molecule has 14 heavy (non-hydrogen) atoms. The van der Waals surface area contributed by atoms with Crippen LogP contribution in [0.5, 0.6) is 0 Å². The monoisotopic (exact) mass is 194 g/mol. The first-order valence-corrected chi connectivity index (χ1v) is 4.51. The van der Waals surface area contributed by atoms with Crippen molar-refractivity contribution in [1.29, 1.82) is 0 Å². The fraction of sp³-hybridized carbons (Fsp3) is 0.444. The number of hydrogen-bond donors (Lipinski definition) is 2. The number of carbonyl (C=O) groups is 1. The van der Waals surface area contributed by atoms with E-state index in [0.717, 1.165) is 6.42 Å². The van der Waals surface area contributed by atoms with Gasteiger partial charge in [-0.15, -0.1) is 0 Å². The Labute approximate surface area is 82.7 Å². The smallest absolute Gasteiger partial charge is 0.253 e. The summed E-state index contributed by atoms with van der Waals surface area (Å²) in [6.07, 6.45) is 3.69. The zero-order valence-electron chi connectivity index (χ0n) is 8.10. The molecular formula is C9H14N4O. The molecule has 76 valence electrons. The number of carbonyl (C=O) groups excluding carboxylic acids is 1. The molecule has 0 fully saturated rings. The summed E-state index contributed by atoms with van der Waals surface area (Å²) in [5.41, 5.74) is 5.89. The van der Waals surface area contributed by atoms with Crippen LogP contribution in [0.1, 0.15) is 23.7 Å². The average molecular weight is 194 g/mol. The maximum Gasteiger partial charge on any atom is 0.253 e. The van der Waals surface area contributed by atoms with Gasteiger partial charge >= 0.3 is 0 Å². The Kier molecular flexibility index (Phi) is 4.00. The van der Waals surface area contributed by atoms with Gasteiger partial charge in [0.25, 0.3) is 5.91 Å². The van der Waals surface area contributed by atoms with Crippen LogP contribution < -0.4 is 11.1 Å². The van der Waals surface area contributed by atoms with E-state index in [1.807, 2.05) is 6.92 Å². The van der Waals surface area contributed by atoms with Crippen molar-refractivity contribution in [2.75, 3.05) is 6.54 Å². The van der Waals surface area contributed by atoms with Crippen molar-refractivity contribution >= 4 is 5.91 Å². The van der Waals surface area contributed by atoms with Crippen LogP contribution >= 0.6 is 0 Å². The molecule has 0 aliphatic heterocycles.